The number of aromatic nitrogens is 2. The molecule has 3 rings (SSSR count). The summed E-state index contributed by atoms with van der Waals surface area (Å²) in [4.78, 5) is 20.8. The highest BCUT2D eigenvalue weighted by Gasteiger charge is 2.21. The van der Waals surface area contributed by atoms with Gasteiger partial charge in [-0.2, -0.15) is 0 Å². The molecule has 4 N–H and O–H groups in total. The number of rotatable bonds is 2. The van der Waals surface area contributed by atoms with E-state index < -0.39 is 0 Å². The molecule has 2 aromatic rings. The third-order valence-corrected chi connectivity index (χ3v) is 3.79. The molecule has 6 nitrogen and oxygen atoms in total. The van der Waals surface area contributed by atoms with E-state index in [0.717, 1.165) is 23.4 Å². The molecule has 0 saturated carbocycles. The third kappa shape index (κ3) is 2.75. The average Bonchev–Trinajstić information content (AvgIpc) is 2.43. The molecule has 0 amide bonds. The second kappa shape index (κ2) is 5.21. The first-order chi connectivity index (χ1) is 10.0. The van der Waals surface area contributed by atoms with Gasteiger partial charge in [0.05, 0.1) is 11.3 Å². The number of anilines is 1. The highest BCUT2D eigenvalue weighted by atomic mass is 16.3. The summed E-state index contributed by atoms with van der Waals surface area (Å²) in [6, 6.07) is 5.55. The molecule has 2 heterocycles. The zero-order valence-electron chi connectivity index (χ0n) is 11.9. The summed E-state index contributed by atoms with van der Waals surface area (Å²) in [7, 11) is 0. The molecule has 0 saturated heterocycles. The van der Waals surface area contributed by atoms with Gasteiger partial charge in [-0.1, -0.05) is 17.7 Å². The zero-order chi connectivity index (χ0) is 15.0. The number of nitrogens with one attached hydrogen (secondary N) is 1. The quantitative estimate of drug-likeness (QED) is 0.763. The molecular weight excluding hydrogens is 268 g/mol. The van der Waals surface area contributed by atoms with Crippen molar-refractivity contribution >= 4 is 5.95 Å². The number of fused-ring (bicyclic) bond motifs is 1. The van der Waals surface area contributed by atoms with Gasteiger partial charge < -0.3 is 10.8 Å². The summed E-state index contributed by atoms with van der Waals surface area (Å²) in [6.45, 7) is 3.91. The van der Waals surface area contributed by atoms with Crippen molar-refractivity contribution in [1.82, 2.24) is 14.9 Å². The Hall–Kier alpha value is -2.34. The van der Waals surface area contributed by atoms with Crippen LogP contribution in [0, 0.1) is 6.92 Å². The smallest absolute Gasteiger partial charge is 0.257 e. The lowest BCUT2D eigenvalue weighted by Gasteiger charge is -2.27. The molecular formula is C15H18N4O2. The molecule has 1 aliphatic heterocycles. The second-order valence-corrected chi connectivity index (χ2v) is 5.47. The molecule has 1 aliphatic rings. The Balaban J connectivity index is 1.83. The van der Waals surface area contributed by atoms with Gasteiger partial charge >= 0.3 is 0 Å². The first kappa shape index (κ1) is 13.6. The van der Waals surface area contributed by atoms with Crippen LogP contribution in [0.25, 0.3) is 0 Å². The van der Waals surface area contributed by atoms with E-state index in [1.807, 2.05) is 19.1 Å². The van der Waals surface area contributed by atoms with Crippen molar-refractivity contribution in [3.63, 3.8) is 0 Å². The molecule has 0 aliphatic carbocycles. The van der Waals surface area contributed by atoms with Crippen LogP contribution in [-0.2, 0) is 19.5 Å². The Labute approximate surface area is 122 Å². The van der Waals surface area contributed by atoms with Gasteiger partial charge in [-0.25, -0.2) is 4.98 Å². The van der Waals surface area contributed by atoms with Gasteiger partial charge in [-0.05, 0) is 13.0 Å². The van der Waals surface area contributed by atoms with E-state index in [-0.39, 0.29) is 17.3 Å². The van der Waals surface area contributed by atoms with E-state index in [4.69, 9.17) is 5.73 Å². The van der Waals surface area contributed by atoms with Crippen LogP contribution < -0.4 is 11.3 Å². The Morgan fingerprint density at radius 3 is 3.10 bits per heavy atom. The fraction of sp³-hybridized carbons (Fsp3) is 0.333. The van der Waals surface area contributed by atoms with E-state index in [2.05, 4.69) is 14.9 Å². The number of nitrogens with two attached hydrogens (primary N) is 1. The minimum absolute atomic E-state index is 0.170. The number of nitrogen functional groups attached to an aromatic ring is 1. The van der Waals surface area contributed by atoms with Gasteiger partial charge in [0.2, 0.25) is 5.95 Å². The van der Waals surface area contributed by atoms with Crippen molar-refractivity contribution < 1.29 is 5.11 Å². The van der Waals surface area contributed by atoms with Crippen LogP contribution in [0.4, 0.5) is 5.95 Å². The first-order valence-electron chi connectivity index (χ1n) is 6.91. The molecule has 0 atom stereocenters. The maximum Gasteiger partial charge on any atom is 0.257 e. The van der Waals surface area contributed by atoms with Gasteiger partial charge in [0.25, 0.3) is 5.56 Å². The van der Waals surface area contributed by atoms with E-state index >= 15 is 0 Å². The standard InChI is InChI=1S/C15H18N4O2/c1-9-2-3-13(20)10(6-9)7-19-5-4-12-11(8-19)14(21)18-15(16)17-12/h2-3,6,20H,4-5,7-8H2,1H3,(H3,16,17,18,21). The lowest BCUT2D eigenvalue weighted by molar-refractivity contribution is 0.239. The normalized spacial score (nSPS) is 14.9. The second-order valence-electron chi connectivity index (χ2n) is 5.47. The monoisotopic (exact) mass is 286 g/mol. The van der Waals surface area contributed by atoms with E-state index in [0.29, 0.717) is 25.1 Å². The third-order valence-electron chi connectivity index (χ3n) is 3.79. The Bertz CT molecular complexity index is 739. The van der Waals surface area contributed by atoms with Gasteiger partial charge in [0.15, 0.2) is 0 Å². The number of hydrogen-bond donors (Lipinski definition) is 3. The summed E-state index contributed by atoms with van der Waals surface area (Å²) in [5.41, 5.74) is 8.82. The minimum Gasteiger partial charge on any atom is -0.508 e. The number of hydrogen-bond acceptors (Lipinski definition) is 5. The van der Waals surface area contributed by atoms with Crippen molar-refractivity contribution in [2.24, 2.45) is 0 Å². The molecule has 0 radical (unpaired) electrons. The minimum atomic E-state index is -0.171. The summed E-state index contributed by atoms with van der Waals surface area (Å²) in [5.74, 6) is 0.458. The van der Waals surface area contributed by atoms with E-state index in [1.54, 1.807) is 6.07 Å². The molecule has 21 heavy (non-hydrogen) atoms. The van der Waals surface area contributed by atoms with Crippen molar-refractivity contribution in [3.8, 4) is 5.75 Å². The Morgan fingerprint density at radius 2 is 2.29 bits per heavy atom. The zero-order valence-corrected chi connectivity index (χ0v) is 11.9. The highest BCUT2D eigenvalue weighted by Crippen LogP contribution is 2.23. The van der Waals surface area contributed by atoms with Crippen LogP contribution in [0.3, 0.4) is 0 Å². The van der Waals surface area contributed by atoms with Crippen LogP contribution >= 0.6 is 0 Å². The number of phenols is 1. The number of aromatic hydroxyl groups is 1. The Morgan fingerprint density at radius 1 is 1.48 bits per heavy atom. The summed E-state index contributed by atoms with van der Waals surface area (Å²) in [6.07, 6.45) is 0.691. The fourth-order valence-corrected chi connectivity index (χ4v) is 2.72. The van der Waals surface area contributed by atoms with Gasteiger partial charge in [0.1, 0.15) is 5.75 Å². The number of aromatic amines is 1. The predicted molar refractivity (Wildman–Crippen MR) is 79.9 cm³/mol. The molecule has 0 bridgehead atoms. The van der Waals surface area contributed by atoms with E-state index in [1.165, 1.54) is 0 Å². The molecule has 0 spiro atoms. The fourth-order valence-electron chi connectivity index (χ4n) is 2.72. The molecule has 110 valence electrons. The van der Waals surface area contributed by atoms with Crippen molar-refractivity contribution in [2.45, 2.75) is 26.4 Å². The molecule has 0 fully saturated rings. The van der Waals surface area contributed by atoms with Crippen LogP contribution in [0.15, 0.2) is 23.0 Å². The molecule has 0 unspecified atom stereocenters. The van der Waals surface area contributed by atoms with Gasteiger partial charge in [-0.3, -0.25) is 14.7 Å². The van der Waals surface area contributed by atoms with Gasteiger partial charge in [-0.15, -0.1) is 0 Å². The van der Waals surface area contributed by atoms with Crippen molar-refractivity contribution in [2.75, 3.05) is 12.3 Å². The maximum atomic E-state index is 12.0. The van der Waals surface area contributed by atoms with Crippen LogP contribution in [0.5, 0.6) is 5.75 Å². The lowest BCUT2D eigenvalue weighted by Crippen LogP contribution is -2.35. The van der Waals surface area contributed by atoms with E-state index in [9.17, 15) is 9.90 Å². The van der Waals surface area contributed by atoms with Crippen LogP contribution in [0.1, 0.15) is 22.4 Å². The number of benzene rings is 1. The predicted octanol–water partition coefficient (Wildman–Crippen LogP) is 0.924. The number of phenolic OH excluding ortho intramolecular Hbond substituents is 1. The average molecular weight is 286 g/mol. The molecule has 1 aromatic heterocycles. The number of H-pyrrole nitrogens is 1. The largest absolute Gasteiger partial charge is 0.508 e. The van der Waals surface area contributed by atoms with Gasteiger partial charge in [0, 0.05) is 31.6 Å². The first-order valence-corrected chi connectivity index (χ1v) is 6.91. The SMILES string of the molecule is Cc1ccc(O)c(CN2CCc3nc(N)[nH]c(=O)c3C2)c1. The Kier molecular flexibility index (Phi) is 3.39. The maximum absolute atomic E-state index is 12.0. The molecule has 1 aromatic carbocycles. The summed E-state index contributed by atoms with van der Waals surface area (Å²) >= 11 is 0. The van der Waals surface area contributed by atoms with Crippen molar-refractivity contribution in [1.29, 1.82) is 0 Å². The topological polar surface area (TPSA) is 95.2 Å². The summed E-state index contributed by atoms with van der Waals surface area (Å²) in [5, 5.41) is 9.93. The molecule has 6 heteroatoms. The lowest BCUT2D eigenvalue weighted by atomic mass is 10.0. The van der Waals surface area contributed by atoms with Crippen LogP contribution in [-0.4, -0.2) is 26.5 Å². The highest BCUT2D eigenvalue weighted by molar-refractivity contribution is 5.36. The van der Waals surface area contributed by atoms with Crippen LogP contribution in [0.2, 0.25) is 0 Å². The van der Waals surface area contributed by atoms with Crippen molar-refractivity contribution in [3.05, 3.63) is 50.9 Å². The summed E-state index contributed by atoms with van der Waals surface area (Å²) < 4.78 is 0. The number of aryl methyl sites for hydroxylation is 1. The number of nitrogens with zero attached hydrogens (tertiary/aromatic N) is 2.